The molecule has 3 atom stereocenters. The Balaban J connectivity index is 4.41. The van der Waals surface area contributed by atoms with Gasteiger partial charge in [0.2, 0.25) is 0 Å². The topological polar surface area (TPSA) is 0 Å². The molecule has 0 saturated heterocycles. The summed E-state index contributed by atoms with van der Waals surface area (Å²) in [6.45, 7) is 19.1. The lowest BCUT2D eigenvalue weighted by Gasteiger charge is -2.35. The van der Waals surface area contributed by atoms with Crippen molar-refractivity contribution in [2.24, 2.45) is 35.5 Å². The van der Waals surface area contributed by atoms with Gasteiger partial charge in [-0.1, -0.05) is 68.2 Å². The van der Waals surface area contributed by atoms with Crippen LogP contribution in [0.2, 0.25) is 0 Å². The van der Waals surface area contributed by atoms with E-state index in [4.69, 9.17) is 0 Å². The minimum atomic E-state index is 0.814. The summed E-state index contributed by atoms with van der Waals surface area (Å²) in [5.74, 6) is 5.10. The van der Waals surface area contributed by atoms with Crippen LogP contribution in [0, 0.1) is 35.5 Å². The van der Waals surface area contributed by atoms with Crippen molar-refractivity contribution >= 4 is 0 Å². The van der Waals surface area contributed by atoms with Crippen molar-refractivity contribution < 1.29 is 0 Å². The molecule has 0 aliphatic heterocycles. The first-order valence-corrected chi connectivity index (χ1v) is 7.27. The van der Waals surface area contributed by atoms with Gasteiger partial charge in [-0.05, 0) is 35.5 Å². The average molecular weight is 226 g/mol. The molecule has 0 heteroatoms. The molecule has 0 radical (unpaired) electrons. The molecular weight excluding hydrogens is 192 g/mol. The maximum absolute atomic E-state index is 2.46. The molecule has 16 heavy (non-hydrogen) atoms. The second-order valence-corrected chi connectivity index (χ2v) is 6.87. The Morgan fingerprint density at radius 2 is 1.12 bits per heavy atom. The highest BCUT2D eigenvalue weighted by atomic mass is 14.3. The van der Waals surface area contributed by atoms with E-state index in [1.165, 1.54) is 12.8 Å². The largest absolute Gasteiger partial charge is 0.0628 e. The van der Waals surface area contributed by atoms with E-state index in [1.807, 2.05) is 0 Å². The lowest BCUT2D eigenvalue weighted by molar-refractivity contribution is 0.138. The quantitative estimate of drug-likeness (QED) is 0.528. The molecule has 0 saturated carbocycles. The van der Waals surface area contributed by atoms with Gasteiger partial charge in [0.15, 0.2) is 0 Å². The van der Waals surface area contributed by atoms with Gasteiger partial charge in [0.05, 0.1) is 0 Å². The molecular formula is C16H34. The maximum atomic E-state index is 2.46. The molecule has 0 nitrogen and oxygen atoms in total. The standard InChI is InChI=1S/C16H34/c1-11(2)9-10-14(7)16(13(5)6)15(8)12(3)4/h11-16H,9-10H2,1-8H3. The monoisotopic (exact) mass is 226 g/mol. The summed E-state index contributed by atoms with van der Waals surface area (Å²) >= 11 is 0. The van der Waals surface area contributed by atoms with Crippen molar-refractivity contribution in [3.8, 4) is 0 Å². The first-order valence-electron chi connectivity index (χ1n) is 7.27. The van der Waals surface area contributed by atoms with E-state index >= 15 is 0 Å². The van der Waals surface area contributed by atoms with Crippen molar-refractivity contribution in [3.05, 3.63) is 0 Å². The van der Waals surface area contributed by atoms with Gasteiger partial charge in [-0.3, -0.25) is 0 Å². The van der Waals surface area contributed by atoms with Crippen LogP contribution in [0.25, 0.3) is 0 Å². The van der Waals surface area contributed by atoms with Gasteiger partial charge in [0.1, 0.15) is 0 Å². The Hall–Kier alpha value is 0. The van der Waals surface area contributed by atoms with Crippen LogP contribution in [0.3, 0.4) is 0 Å². The Bertz CT molecular complexity index is 167. The summed E-state index contributed by atoms with van der Waals surface area (Å²) in [6.07, 6.45) is 2.78. The predicted molar refractivity (Wildman–Crippen MR) is 75.6 cm³/mol. The first kappa shape index (κ1) is 16.0. The number of hydrogen-bond acceptors (Lipinski definition) is 0. The fourth-order valence-electron chi connectivity index (χ4n) is 3.02. The molecule has 0 aliphatic rings. The van der Waals surface area contributed by atoms with Crippen molar-refractivity contribution in [1.82, 2.24) is 0 Å². The summed E-state index contributed by atoms with van der Waals surface area (Å²) in [4.78, 5) is 0. The fraction of sp³-hybridized carbons (Fsp3) is 1.00. The van der Waals surface area contributed by atoms with Crippen LogP contribution in [0.15, 0.2) is 0 Å². The third-order valence-corrected chi connectivity index (χ3v) is 4.28. The summed E-state index contributed by atoms with van der Waals surface area (Å²) in [6, 6.07) is 0. The van der Waals surface area contributed by atoms with E-state index in [0.29, 0.717) is 0 Å². The normalized spacial score (nSPS) is 18.2. The van der Waals surface area contributed by atoms with Crippen LogP contribution in [0.1, 0.15) is 68.2 Å². The summed E-state index contributed by atoms with van der Waals surface area (Å²) < 4.78 is 0. The molecule has 0 aromatic heterocycles. The molecule has 3 unspecified atom stereocenters. The highest BCUT2D eigenvalue weighted by Gasteiger charge is 2.28. The minimum Gasteiger partial charge on any atom is -0.0628 e. The zero-order valence-electron chi connectivity index (χ0n) is 12.9. The average Bonchev–Trinajstić information content (AvgIpc) is 2.13. The van der Waals surface area contributed by atoms with Crippen LogP contribution >= 0.6 is 0 Å². The zero-order chi connectivity index (χ0) is 12.9. The smallest absolute Gasteiger partial charge is 0.0337 e. The molecule has 0 rings (SSSR count). The molecule has 0 aliphatic carbocycles. The molecule has 0 amide bonds. The van der Waals surface area contributed by atoms with E-state index in [2.05, 4.69) is 55.4 Å². The molecule has 0 heterocycles. The Morgan fingerprint density at radius 3 is 1.44 bits per heavy atom. The molecule has 0 fully saturated rings. The predicted octanol–water partition coefficient (Wildman–Crippen LogP) is 5.62. The second-order valence-electron chi connectivity index (χ2n) is 6.87. The van der Waals surface area contributed by atoms with Gasteiger partial charge in [0, 0.05) is 0 Å². The van der Waals surface area contributed by atoms with Crippen LogP contribution in [-0.4, -0.2) is 0 Å². The molecule has 98 valence electrons. The van der Waals surface area contributed by atoms with Crippen molar-refractivity contribution in [3.63, 3.8) is 0 Å². The van der Waals surface area contributed by atoms with Crippen LogP contribution in [0.5, 0.6) is 0 Å². The van der Waals surface area contributed by atoms with Crippen LogP contribution < -0.4 is 0 Å². The lowest BCUT2D eigenvalue weighted by Crippen LogP contribution is -2.28. The minimum absolute atomic E-state index is 0.814. The van der Waals surface area contributed by atoms with Crippen LogP contribution in [0.4, 0.5) is 0 Å². The molecule has 0 N–H and O–H groups in total. The zero-order valence-corrected chi connectivity index (χ0v) is 12.9. The summed E-state index contributed by atoms with van der Waals surface area (Å²) in [5, 5.41) is 0. The second kappa shape index (κ2) is 7.35. The molecule has 0 aromatic rings. The highest BCUT2D eigenvalue weighted by molar-refractivity contribution is 4.77. The summed E-state index contributed by atoms with van der Waals surface area (Å²) in [5.41, 5.74) is 0. The van der Waals surface area contributed by atoms with Gasteiger partial charge < -0.3 is 0 Å². The van der Waals surface area contributed by atoms with Crippen molar-refractivity contribution in [2.75, 3.05) is 0 Å². The van der Waals surface area contributed by atoms with E-state index in [1.54, 1.807) is 0 Å². The van der Waals surface area contributed by atoms with Crippen molar-refractivity contribution in [1.29, 1.82) is 0 Å². The van der Waals surface area contributed by atoms with Crippen LogP contribution in [-0.2, 0) is 0 Å². The Kier molecular flexibility index (Phi) is 7.35. The summed E-state index contributed by atoms with van der Waals surface area (Å²) in [7, 11) is 0. The van der Waals surface area contributed by atoms with Gasteiger partial charge >= 0.3 is 0 Å². The molecule has 0 bridgehead atoms. The number of hydrogen-bond donors (Lipinski definition) is 0. The third-order valence-electron chi connectivity index (χ3n) is 4.28. The van der Waals surface area contributed by atoms with Crippen molar-refractivity contribution in [2.45, 2.75) is 68.2 Å². The SMILES string of the molecule is CC(C)CCC(C)C(C(C)C)C(C)C(C)C. The van der Waals surface area contributed by atoms with E-state index in [9.17, 15) is 0 Å². The Morgan fingerprint density at radius 1 is 0.625 bits per heavy atom. The first-order chi connectivity index (χ1) is 7.27. The fourth-order valence-corrected chi connectivity index (χ4v) is 3.02. The third kappa shape index (κ3) is 5.37. The van der Waals surface area contributed by atoms with Gasteiger partial charge in [0.25, 0.3) is 0 Å². The van der Waals surface area contributed by atoms with Gasteiger partial charge in [-0.15, -0.1) is 0 Å². The van der Waals surface area contributed by atoms with E-state index in [-0.39, 0.29) is 0 Å². The van der Waals surface area contributed by atoms with E-state index in [0.717, 1.165) is 35.5 Å². The number of rotatable bonds is 7. The molecule has 0 spiro atoms. The molecule has 0 aromatic carbocycles. The van der Waals surface area contributed by atoms with Gasteiger partial charge in [-0.2, -0.15) is 0 Å². The maximum Gasteiger partial charge on any atom is -0.0337 e. The van der Waals surface area contributed by atoms with Gasteiger partial charge in [-0.25, -0.2) is 0 Å². The van der Waals surface area contributed by atoms with E-state index < -0.39 is 0 Å². The Labute approximate surface area is 104 Å². The highest BCUT2D eigenvalue weighted by Crippen LogP contribution is 2.35. The lowest BCUT2D eigenvalue weighted by atomic mass is 9.70.